The van der Waals surface area contributed by atoms with E-state index >= 15 is 0 Å². The summed E-state index contributed by atoms with van der Waals surface area (Å²) in [6.07, 6.45) is 0. The van der Waals surface area contributed by atoms with Crippen molar-refractivity contribution in [2.24, 2.45) is 0 Å². The monoisotopic (exact) mass is 134 g/mol. The van der Waals surface area contributed by atoms with E-state index in [0.29, 0.717) is 0 Å². The van der Waals surface area contributed by atoms with Gasteiger partial charge in [0.1, 0.15) is 0 Å². The molecule has 0 aliphatic heterocycles. The van der Waals surface area contributed by atoms with Crippen molar-refractivity contribution in [2.45, 2.75) is 0 Å². The van der Waals surface area contributed by atoms with Crippen molar-refractivity contribution >= 4 is 23.4 Å². The van der Waals surface area contributed by atoms with Gasteiger partial charge < -0.3 is 0 Å². The van der Waals surface area contributed by atoms with Crippen LogP contribution in [0.2, 0.25) is 0 Å². The summed E-state index contributed by atoms with van der Waals surface area (Å²) in [6, 6.07) is 0. The minimum atomic E-state index is 0. The van der Waals surface area contributed by atoms with Crippen molar-refractivity contribution in [3.8, 4) is 0 Å². The molecule has 0 saturated heterocycles. The van der Waals surface area contributed by atoms with Gasteiger partial charge in [-0.15, -0.1) is 12.4 Å². The topological polar surface area (TPSA) is 17.1 Å². The SMILES string of the molecule is Cl.[O]=[V].[SiH3]. The minimum Gasteiger partial charge on any atom is -0.0125 e. The Morgan fingerprint density at radius 2 is 1.25 bits per heavy atom. The predicted octanol–water partition coefficient (Wildman–Crippen LogP) is -0.883. The molecular weight excluding hydrogens is 130 g/mol. The maximum Gasteiger partial charge on any atom is -0.0125 e. The van der Waals surface area contributed by atoms with Crippen LogP contribution in [0.25, 0.3) is 0 Å². The van der Waals surface area contributed by atoms with Gasteiger partial charge in [-0.25, -0.2) is 0 Å². The molecular formula is H4ClOSiV. The second kappa shape index (κ2) is 40.9. The third kappa shape index (κ3) is 13.0. The average Bonchev–Trinajstić information content (AvgIpc) is 1.00. The molecule has 1 nitrogen and oxygen atoms in total. The van der Waals surface area contributed by atoms with Crippen molar-refractivity contribution in [1.82, 2.24) is 0 Å². The van der Waals surface area contributed by atoms with Gasteiger partial charge in [0, 0.05) is 0 Å². The number of hydrogen-bond acceptors (Lipinski definition) is 1. The van der Waals surface area contributed by atoms with Crippen LogP contribution in [0.15, 0.2) is 0 Å². The van der Waals surface area contributed by atoms with Gasteiger partial charge in [-0.2, -0.15) is 0 Å². The van der Waals surface area contributed by atoms with E-state index in [2.05, 4.69) is 0 Å². The molecule has 0 aromatic heterocycles. The molecule has 0 saturated carbocycles. The molecule has 0 bridgehead atoms. The Balaban J connectivity index is -0.00000000500. The third-order valence-electron chi connectivity index (χ3n) is 0. The van der Waals surface area contributed by atoms with Crippen molar-refractivity contribution in [3.05, 3.63) is 0 Å². The van der Waals surface area contributed by atoms with E-state index < -0.39 is 0 Å². The first-order valence-corrected chi connectivity index (χ1v) is 0.753. The molecule has 0 fully saturated rings. The van der Waals surface area contributed by atoms with Crippen molar-refractivity contribution in [3.63, 3.8) is 0 Å². The second-order valence-electron chi connectivity index (χ2n) is 0. The van der Waals surface area contributed by atoms with Crippen molar-refractivity contribution < 1.29 is 21.0 Å². The van der Waals surface area contributed by atoms with Gasteiger partial charge in [-0.05, 0) is 11.0 Å². The van der Waals surface area contributed by atoms with E-state index in [0.717, 1.165) is 17.4 Å². The molecule has 0 atom stereocenters. The van der Waals surface area contributed by atoms with Crippen LogP contribution in [0.5, 0.6) is 0 Å². The Hall–Kier alpha value is 0.891. The fraction of sp³-hybridized carbons (Fsp3) is 0. The average molecular weight is 135 g/mol. The first kappa shape index (κ1) is 20.7. The zero-order valence-electron chi connectivity index (χ0n) is 2.26. The van der Waals surface area contributed by atoms with E-state index in [1.165, 1.54) is 0 Å². The molecule has 0 aromatic carbocycles. The summed E-state index contributed by atoms with van der Waals surface area (Å²) in [6.45, 7) is 0. The van der Waals surface area contributed by atoms with Gasteiger partial charge in [0.05, 0.1) is 0 Å². The van der Waals surface area contributed by atoms with Crippen LogP contribution in [0.4, 0.5) is 0 Å². The van der Waals surface area contributed by atoms with Crippen LogP contribution < -0.4 is 0 Å². The molecule has 0 rings (SSSR count). The molecule has 0 N–H and O–H groups in total. The van der Waals surface area contributed by atoms with Gasteiger partial charge >= 0.3 is 21.0 Å². The maximum atomic E-state index is 8.19. The summed E-state index contributed by atoms with van der Waals surface area (Å²) >= 11 is 1.06. The van der Waals surface area contributed by atoms with Crippen molar-refractivity contribution in [1.29, 1.82) is 0 Å². The Bertz CT molecular complexity index is 8.00. The molecule has 0 amide bonds. The number of hydrogen-bond donors (Lipinski definition) is 0. The fourth-order valence-corrected chi connectivity index (χ4v) is 0. The Kier molecular flexibility index (Phi) is 212. The zero-order chi connectivity index (χ0) is 2.00. The van der Waals surface area contributed by atoms with Gasteiger partial charge in [-0.3, -0.25) is 0 Å². The van der Waals surface area contributed by atoms with Gasteiger partial charge in [0.25, 0.3) is 0 Å². The fourth-order valence-electron chi connectivity index (χ4n) is 0. The Labute approximate surface area is 44.8 Å². The smallest absolute Gasteiger partial charge is 0.0125 e. The van der Waals surface area contributed by atoms with E-state index in [9.17, 15) is 0 Å². The Morgan fingerprint density at radius 3 is 1.25 bits per heavy atom. The molecule has 0 spiro atoms. The minimum absolute atomic E-state index is 0. The summed E-state index contributed by atoms with van der Waals surface area (Å²) in [5, 5.41) is 0. The van der Waals surface area contributed by atoms with E-state index in [1.54, 1.807) is 0 Å². The summed E-state index contributed by atoms with van der Waals surface area (Å²) in [4.78, 5) is 0. The quantitative estimate of drug-likeness (QED) is 0.393. The van der Waals surface area contributed by atoms with Crippen LogP contribution in [0, 0.1) is 0 Å². The van der Waals surface area contributed by atoms with E-state index in [1.807, 2.05) is 0 Å². The normalized spacial score (nSPS) is 0.750. The molecule has 0 aliphatic rings. The first-order valence-electron chi connectivity index (χ1n) is 0.183. The second-order valence-corrected chi connectivity index (χ2v) is 0. The van der Waals surface area contributed by atoms with Crippen LogP contribution in [0.3, 0.4) is 0 Å². The molecule has 0 heterocycles. The van der Waals surface area contributed by atoms with Crippen molar-refractivity contribution in [2.75, 3.05) is 0 Å². The van der Waals surface area contributed by atoms with Crippen LogP contribution in [-0.2, 0) is 21.0 Å². The molecule has 4 heavy (non-hydrogen) atoms. The van der Waals surface area contributed by atoms with Crippen LogP contribution >= 0.6 is 12.4 Å². The molecule has 4 heteroatoms. The molecule has 0 unspecified atom stereocenters. The maximum absolute atomic E-state index is 8.19. The van der Waals surface area contributed by atoms with Gasteiger partial charge in [-0.1, -0.05) is 0 Å². The number of rotatable bonds is 0. The Morgan fingerprint density at radius 1 is 1.25 bits per heavy atom. The third-order valence-corrected chi connectivity index (χ3v) is 0. The standard InChI is InChI=1S/ClH.O.H3Si.V/h1H;;1H3;. The molecule has 26 valence electrons. The summed E-state index contributed by atoms with van der Waals surface area (Å²) in [5.74, 6) is 0. The van der Waals surface area contributed by atoms with Crippen LogP contribution in [-0.4, -0.2) is 11.0 Å². The van der Waals surface area contributed by atoms with E-state index in [-0.39, 0.29) is 23.4 Å². The zero-order valence-corrected chi connectivity index (χ0v) is 6.48. The summed E-state index contributed by atoms with van der Waals surface area (Å²) in [5.41, 5.74) is 0. The summed E-state index contributed by atoms with van der Waals surface area (Å²) in [7, 11) is 0. The van der Waals surface area contributed by atoms with Gasteiger partial charge in [0.2, 0.25) is 0 Å². The van der Waals surface area contributed by atoms with Crippen LogP contribution in [0.1, 0.15) is 0 Å². The molecule has 0 aromatic rings. The molecule has 0 aliphatic carbocycles. The first-order chi connectivity index (χ1) is 1.00. The van der Waals surface area contributed by atoms with E-state index in [4.69, 9.17) is 3.67 Å². The largest absolute Gasteiger partial charge is 0.0125 e. The molecule has 1 radical (unpaired) electrons. The predicted molar refractivity (Wildman–Crippen MR) is 17.9 cm³/mol. The summed E-state index contributed by atoms with van der Waals surface area (Å²) < 4.78 is 8.19. The van der Waals surface area contributed by atoms with Gasteiger partial charge in [0.15, 0.2) is 0 Å². The number of halogens is 1.